The average molecular weight is 318 g/mol. The minimum atomic E-state index is -0.748. The van der Waals surface area contributed by atoms with Gasteiger partial charge in [-0.2, -0.15) is 0 Å². The summed E-state index contributed by atoms with van der Waals surface area (Å²) in [7, 11) is 2.08. The summed E-state index contributed by atoms with van der Waals surface area (Å²) in [5, 5.41) is 17.0. The molecule has 2 N–H and O–H groups in total. The standard InChI is InChI=1S/C16H22N4OS/c1-20(10-13-3-2-6-18-9-13)11-15-19-14(12-22-15)16(21)4-7-17-8-5-16/h2-3,6,9,12,17,21H,4-5,7-8,10-11H2,1H3. The molecule has 0 amide bonds. The van der Waals surface area contributed by atoms with Crippen LogP contribution >= 0.6 is 11.3 Å². The van der Waals surface area contributed by atoms with Gasteiger partial charge < -0.3 is 10.4 Å². The summed E-state index contributed by atoms with van der Waals surface area (Å²) in [5.41, 5.74) is 1.28. The second kappa shape index (κ2) is 6.83. The summed E-state index contributed by atoms with van der Waals surface area (Å²) in [6.45, 7) is 3.33. The Morgan fingerprint density at radius 3 is 2.91 bits per heavy atom. The highest BCUT2D eigenvalue weighted by molar-refractivity contribution is 7.09. The van der Waals surface area contributed by atoms with Crippen molar-refractivity contribution in [1.82, 2.24) is 20.2 Å². The van der Waals surface area contributed by atoms with Crippen LogP contribution in [0.25, 0.3) is 0 Å². The number of piperidine rings is 1. The van der Waals surface area contributed by atoms with Crippen LogP contribution in [0.2, 0.25) is 0 Å². The number of aliphatic hydroxyl groups is 1. The maximum absolute atomic E-state index is 10.7. The van der Waals surface area contributed by atoms with E-state index in [0.29, 0.717) is 0 Å². The van der Waals surface area contributed by atoms with Crippen molar-refractivity contribution >= 4 is 11.3 Å². The van der Waals surface area contributed by atoms with Gasteiger partial charge in [0, 0.05) is 24.3 Å². The molecule has 0 aromatic carbocycles. The smallest absolute Gasteiger partial charge is 0.110 e. The Morgan fingerprint density at radius 1 is 1.36 bits per heavy atom. The van der Waals surface area contributed by atoms with Gasteiger partial charge in [-0.3, -0.25) is 9.88 Å². The number of thiazole rings is 1. The van der Waals surface area contributed by atoms with Crippen LogP contribution in [0.1, 0.15) is 29.1 Å². The zero-order valence-corrected chi connectivity index (χ0v) is 13.6. The molecule has 3 heterocycles. The summed E-state index contributed by atoms with van der Waals surface area (Å²) in [6.07, 6.45) is 5.15. The van der Waals surface area contributed by atoms with Crippen LogP contribution in [0.5, 0.6) is 0 Å². The predicted octanol–water partition coefficient (Wildman–Crippen LogP) is 1.74. The first-order chi connectivity index (χ1) is 10.7. The minimum Gasteiger partial charge on any atom is -0.383 e. The normalized spacial score (nSPS) is 17.8. The monoisotopic (exact) mass is 318 g/mol. The van der Waals surface area contributed by atoms with Crippen LogP contribution in [-0.4, -0.2) is 40.1 Å². The zero-order chi connectivity index (χ0) is 15.4. The second-order valence-electron chi connectivity index (χ2n) is 5.94. The Labute approximate surface area is 135 Å². The minimum absolute atomic E-state index is 0.738. The second-order valence-corrected chi connectivity index (χ2v) is 6.88. The summed E-state index contributed by atoms with van der Waals surface area (Å²) in [4.78, 5) is 11.0. The molecule has 6 heteroatoms. The first-order valence-corrected chi connectivity index (χ1v) is 8.49. The molecule has 22 heavy (non-hydrogen) atoms. The van der Waals surface area contributed by atoms with Crippen LogP contribution < -0.4 is 5.32 Å². The van der Waals surface area contributed by atoms with Crippen LogP contribution in [0.3, 0.4) is 0 Å². The molecule has 0 saturated carbocycles. The van der Waals surface area contributed by atoms with E-state index < -0.39 is 5.60 Å². The van der Waals surface area contributed by atoms with Crippen molar-refractivity contribution in [2.75, 3.05) is 20.1 Å². The number of nitrogens with zero attached hydrogens (tertiary/aromatic N) is 3. The van der Waals surface area contributed by atoms with Crippen molar-refractivity contribution in [3.05, 3.63) is 46.2 Å². The van der Waals surface area contributed by atoms with E-state index in [4.69, 9.17) is 0 Å². The summed E-state index contributed by atoms with van der Waals surface area (Å²) in [6, 6.07) is 4.03. The first-order valence-electron chi connectivity index (χ1n) is 7.61. The first kappa shape index (κ1) is 15.6. The van der Waals surface area contributed by atoms with Crippen molar-refractivity contribution in [2.45, 2.75) is 31.5 Å². The van der Waals surface area contributed by atoms with Crippen molar-refractivity contribution in [3.63, 3.8) is 0 Å². The molecule has 1 fully saturated rings. The van der Waals surface area contributed by atoms with Gasteiger partial charge >= 0.3 is 0 Å². The van der Waals surface area contributed by atoms with Crippen molar-refractivity contribution in [2.24, 2.45) is 0 Å². The number of hydrogen-bond acceptors (Lipinski definition) is 6. The number of rotatable bonds is 5. The molecule has 5 nitrogen and oxygen atoms in total. The SMILES string of the molecule is CN(Cc1cccnc1)Cc1nc(C2(O)CCNCC2)cs1. The molecule has 0 spiro atoms. The number of aromatic nitrogens is 2. The van der Waals surface area contributed by atoms with Crippen LogP contribution in [-0.2, 0) is 18.7 Å². The maximum Gasteiger partial charge on any atom is 0.110 e. The van der Waals surface area contributed by atoms with Gasteiger partial charge in [-0.15, -0.1) is 11.3 Å². The van der Waals surface area contributed by atoms with Crippen molar-refractivity contribution in [3.8, 4) is 0 Å². The number of pyridine rings is 1. The van der Waals surface area contributed by atoms with Gasteiger partial charge in [0.1, 0.15) is 10.6 Å². The lowest BCUT2D eigenvalue weighted by molar-refractivity contribution is 0.00223. The molecular weight excluding hydrogens is 296 g/mol. The van der Waals surface area contributed by atoms with Gasteiger partial charge in [-0.1, -0.05) is 6.07 Å². The molecule has 1 aliphatic heterocycles. The van der Waals surface area contributed by atoms with E-state index in [0.717, 1.165) is 49.7 Å². The highest BCUT2D eigenvalue weighted by Crippen LogP contribution is 2.31. The molecule has 1 aliphatic rings. The van der Waals surface area contributed by atoms with E-state index in [1.165, 1.54) is 5.56 Å². The fourth-order valence-corrected chi connectivity index (χ4v) is 3.75. The highest BCUT2D eigenvalue weighted by Gasteiger charge is 2.33. The summed E-state index contributed by atoms with van der Waals surface area (Å²) < 4.78 is 0. The highest BCUT2D eigenvalue weighted by atomic mass is 32.1. The van der Waals surface area contributed by atoms with E-state index in [9.17, 15) is 5.11 Å². The van der Waals surface area contributed by atoms with Crippen LogP contribution in [0.4, 0.5) is 0 Å². The van der Waals surface area contributed by atoms with Crippen molar-refractivity contribution < 1.29 is 5.11 Å². The molecule has 118 valence electrons. The molecule has 0 aliphatic carbocycles. The van der Waals surface area contributed by atoms with Gasteiger partial charge in [0.25, 0.3) is 0 Å². The fourth-order valence-electron chi connectivity index (χ4n) is 2.78. The van der Waals surface area contributed by atoms with Crippen molar-refractivity contribution in [1.29, 1.82) is 0 Å². The molecule has 0 radical (unpaired) electrons. The van der Waals surface area contributed by atoms with E-state index in [2.05, 4.69) is 33.3 Å². The predicted molar refractivity (Wildman–Crippen MR) is 87.5 cm³/mol. The molecule has 1 saturated heterocycles. The third kappa shape index (κ3) is 3.70. The quantitative estimate of drug-likeness (QED) is 0.879. The summed E-state index contributed by atoms with van der Waals surface area (Å²) in [5.74, 6) is 0. The third-order valence-electron chi connectivity index (χ3n) is 4.04. The van der Waals surface area contributed by atoms with Gasteiger partial charge in [0.2, 0.25) is 0 Å². The molecule has 0 unspecified atom stereocenters. The Kier molecular flexibility index (Phi) is 4.83. The van der Waals surface area contributed by atoms with Gasteiger partial charge in [-0.25, -0.2) is 4.98 Å². The average Bonchev–Trinajstić information content (AvgIpc) is 2.98. The van der Waals surface area contributed by atoms with E-state index in [-0.39, 0.29) is 0 Å². The van der Waals surface area contributed by atoms with Gasteiger partial charge in [-0.05, 0) is 44.6 Å². The molecule has 2 aromatic heterocycles. The third-order valence-corrected chi connectivity index (χ3v) is 4.87. The van der Waals surface area contributed by atoms with E-state index in [1.807, 2.05) is 17.6 Å². The topological polar surface area (TPSA) is 61.3 Å². The Hall–Kier alpha value is -1.34. The van der Waals surface area contributed by atoms with Crippen LogP contribution in [0, 0.1) is 0 Å². The lowest BCUT2D eigenvalue weighted by atomic mass is 9.90. The van der Waals surface area contributed by atoms with Gasteiger partial charge in [0.15, 0.2) is 0 Å². The Balaban J connectivity index is 1.61. The van der Waals surface area contributed by atoms with E-state index >= 15 is 0 Å². The molecular formula is C16H22N4OS. The lowest BCUT2D eigenvalue weighted by Gasteiger charge is -2.30. The molecule has 0 bridgehead atoms. The largest absolute Gasteiger partial charge is 0.383 e. The van der Waals surface area contributed by atoms with E-state index in [1.54, 1.807) is 17.5 Å². The summed E-state index contributed by atoms with van der Waals surface area (Å²) >= 11 is 1.63. The molecule has 0 atom stereocenters. The molecule has 2 aromatic rings. The Bertz CT molecular complexity index is 595. The Morgan fingerprint density at radius 2 is 2.18 bits per heavy atom. The number of hydrogen-bond donors (Lipinski definition) is 2. The fraction of sp³-hybridized carbons (Fsp3) is 0.500. The van der Waals surface area contributed by atoms with Crippen LogP contribution in [0.15, 0.2) is 29.9 Å². The number of nitrogens with one attached hydrogen (secondary N) is 1. The van der Waals surface area contributed by atoms with Gasteiger partial charge in [0.05, 0.1) is 12.2 Å². The maximum atomic E-state index is 10.7. The zero-order valence-electron chi connectivity index (χ0n) is 12.8. The lowest BCUT2D eigenvalue weighted by Crippen LogP contribution is -2.40. The molecule has 3 rings (SSSR count).